The van der Waals surface area contributed by atoms with Crippen LogP contribution in [-0.4, -0.2) is 73.4 Å². The summed E-state index contributed by atoms with van der Waals surface area (Å²) in [5.74, 6) is -0.208. The van der Waals surface area contributed by atoms with Gasteiger partial charge in [-0.05, 0) is 57.8 Å². The van der Waals surface area contributed by atoms with E-state index in [1.54, 1.807) is 6.08 Å². The van der Waals surface area contributed by atoms with Crippen molar-refractivity contribution >= 4 is 13.7 Å². The summed E-state index contributed by atoms with van der Waals surface area (Å²) in [5, 5.41) is 13.7. The van der Waals surface area contributed by atoms with Gasteiger partial charge in [-0.15, -0.1) is 0 Å². The molecule has 3 N–H and O–H groups in total. The number of carbonyl (C=O) groups excluding carboxylic acids is 1. The van der Waals surface area contributed by atoms with E-state index in [1.165, 1.54) is 32.1 Å². The molecule has 0 radical (unpaired) electrons. The summed E-state index contributed by atoms with van der Waals surface area (Å²) in [7, 11) is 1.54. The Morgan fingerprint density at radius 2 is 1.25 bits per heavy atom. The third-order valence-electron chi connectivity index (χ3n) is 7.74. The third-order valence-corrected chi connectivity index (χ3v) is 8.73. The zero-order valence-corrected chi connectivity index (χ0v) is 32.1. The molecule has 0 aromatic heterocycles. The number of nitrogens with one attached hydrogen (secondary N) is 1. The van der Waals surface area contributed by atoms with Crippen LogP contribution < -0.4 is 5.32 Å². The second-order valence-electron chi connectivity index (χ2n) is 13.6. The number of aliphatic hydroxyl groups is 1. The van der Waals surface area contributed by atoms with Gasteiger partial charge in [-0.1, -0.05) is 126 Å². The number of allylic oxidation sites excluding steroid dienone is 9. The molecule has 0 saturated heterocycles. The predicted octanol–water partition coefficient (Wildman–Crippen LogP) is 9.51. The predicted molar refractivity (Wildman–Crippen MR) is 203 cm³/mol. The first-order valence-corrected chi connectivity index (χ1v) is 20.2. The first-order valence-electron chi connectivity index (χ1n) is 18.7. The molecule has 0 aliphatic rings. The van der Waals surface area contributed by atoms with Gasteiger partial charge < -0.3 is 19.8 Å². The Hall–Kier alpha value is -1.80. The zero-order chi connectivity index (χ0) is 35.8. The molecule has 0 aliphatic carbocycles. The van der Waals surface area contributed by atoms with Gasteiger partial charge in [-0.3, -0.25) is 13.8 Å². The van der Waals surface area contributed by atoms with E-state index in [1.807, 2.05) is 27.2 Å². The lowest BCUT2D eigenvalue weighted by molar-refractivity contribution is -0.870. The minimum Gasteiger partial charge on any atom is -0.387 e. The van der Waals surface area contributed by atoms with Crippen molar-refractivity contribution in [1.29, 1.82) is 0 Å². The molecule has 9 heteroatoms. The Morgan fingerprint density at radius 1 is 0.729 bits per heavy atom. The van der Waals surface area contributed by atoms with E-state index in [9.17, 15) is 19.4 Å². The number of hydrogen-bond acceptors (Lipinski definition) is 5. The highest BCUT2D eigenvalue weighted by Gasteiger charge is 2.27. The van der Waals surface area contributed by atoms with Crippen LogP contribution in [-0.2, 0) is 18.4 Å². The molecule has 278 valence electrons. The molecule has 0 spiro atoms. The van der Waals surface area contributed by atoms with Crippen LogP contribution in [0.2, 0.25) is 0 Å². The van der Waals surface area contributed by atoms with Gasteiger partial charge in [-0.2, -0.15) is 0 Å². The fourth-order valence-electron chi connectivity index (χ4n) is 4.73. The Bertz CT molecular complexity index is 970. The summed E-state index contributed by atoms with van der Waals surface area (Å²) < 4.78 is 23.4. The van der Waals surface area contributed by atoms with Crippen LogP contribution >= 0.6 is 7.82 Å². The molecular weight excluding hydrogens is 623 g/mol. The first-order chi connectivity index (χ1) is 23.0. The van der Waals surface area contributed by atoms with Gasteiger partial charge in [0, 0.05) is 6.42 Å². The Morgan fingerprint density at radius 3 is 1.83 bits per heavy atom. The average molecular weight is 696 g/mol. The number of aliphatic hydroxyl groups excluding tert-OH is 1. The number of amides is 1. The fraction of sp³-hybridized carbons (Fsp3) is 0.718. The molecule has 0 bridgehead atoms. The van der Waals surface area contributed by atoms with E-state index in [0.717, 1.165) is 77.0 Å². The summed E-state index contributed by atoms with van der Waals surface area (Å²) in [5.41, 5.74) is 0. The lowest BCUT2D eigenvalue weighted by atomic mass is 10.1. The summed E-state index contributed by atoms with van der Waals surface area (Å²) >= 11 is 0. The number of nitrogens with zero attached hydrogens (tertiary/aromatic N) is 1. The van der Waals surface area contributed by atoms with E-state index in [2.05, 4.69) is 67.8 Å². The summed E-state index contributed by atoms with van der Waals surface area (Å²) in [6.45, 7) is 4.61. The molecule has 0 saturated carbocycles. The van der Waals surface area contributed by atoms with Crippen LogP contribution in [0.3, 0.4) is 0 Å². The summed E-state index contributed by atoms with van der Waals surface area (Å²) in [4.78, 5) is 22.9. The fourth-order valence-corrected chi connectivity index (χ4v) is 5.47. The number of quaternary nitrogens is 1. The van der Waals surface area contributed by atoms with Gasteiger partial charge in [0.25, 0.3) is 0 Å². The van der Waals surface area contributed by atoms with E-state index < -0.39 is 20.0 Å². The second-order valence-corrected chi connectivity index (χ2v) is 15.0. The van der Waals surface area contributed by atoms with Crippen molar-refractivity contribution in [2.24, 2.45) is 0 Å². The largest absolute Gasteiger partial charge is 0.472 e. The Balaban J connectivity index is 4.55. The molecule has 48 heavy (non-hydrogen) atoms. The monoisotopic (exact) mass is 696 g/mol. The van der Waals surface area contributed by atoms with Gasteiger partial charge in [0.2, 0.25) is 5.91 Å². The van der Waals surface area contributed by atoms with Gasteiger partial charge >= 0.3 is 7.82 Å². The van der Waals surface area contributed by atoms with Crippen molar-refractivity contribution in [3.8, 4) is 0 Å². The number of unbranched alkanes of at least 4 members (excludes halogenated alkanes) is 11. The SMILES string of the molecule is CC/C=C\C/C=C\C/C=C\C/C=C\CCCCCCC(=O)NC(COP(=O)(O)OCC[N+](C)(C)C)C(O)/C=C/CCCCCCCCC. The highest BCUT2D eigenvalue weighted by atomic mass is 31.2. The van der Waals surface area contributed by atoms with Crippen LogP contribution in [0, 0.1) is 0 Å². The lowest BCUT2D eigenvalue weighted by Gasteiger charge is -2.25. The van der Waals surface area contributed by atoms with Crippen molar-refractivity contribution in [1.82, 2.24) is 5.32 Å². The maximum Gasteiger partial charge on any atom is 0.472 e. The summed E-state index contributed by atoms with van der Waals surface area (Å²) in [6, 6.07) is -0.858. The van der Waals surface area contributed by atoms with Crippen LogP contribution in [0.15, 0.2) is 60.8 Å². The molecule has 8 nitrogen and oxygen atoms in total. The maximum absolute atomic E-state index is 12.8. The number of phosphoric acid groups is 1. The van der Waals surface area contributed by atoms with Crippen molar-refractivity contribution in [2.45, 2.75) is 142 Å². The highest BCUT2D eigenvalue weighted by molar-refractivity contribution is 7.47. The van der Waals surface area contributed by atoms with Crippen LogP contribution in [0.25, 0.3) is 0 Å². The number of phosphoric ester groups is 1. The van der Waals surface area contributed by atoms with Gasteiger partial charge in [-0.25, -0.2) is 4.57 Å². The Labute approximate surface area is 294 Å². The van der Waals surface area contributed by atoms with Gasteiger partial charge in [0.1, 0.15) is 13.2 Å². The van der Waals surface area contributed by atoms with E-state index in [-0.39, 0.29) is 19.1 Å². The van der Waals surface area contributed by atoms with Crippen molar-refractivity contribution in [2.75, 3.05) is 40.9 Å². The van der Waals surface area contributed by atoms with Crippen LogP contribution in [0.4, 0.5) is 0 Å². The normalized spacial score (nSPS) is 15.4. The molecule has 0 aromatic carbocycles. The molecule has 0 rings (SSSR count). The van der Waals surface area contributed by atoms with Crippen molar-refractivity contribution in [3.63, 3.8) is 0 Å². The molecule has 3 unspecified atom stereocenters. The topological polar surface area (TPSA) is 105 Å². The smallest absolute Gasteiger partial charge is 0.387 e. The third kappa shape index (κ3) is 32.7. The first kappa shape index (κ1) is 46.2. The standard InChI is InChI=1S/C39H71N2O6P/c1-6-8-10-12-14-16-17-18-19-20-21-22-23-25-27-29-31-33-39(43)40-37(36-47-48(44,45)46-35-34-41(3,4)5)38(42)32-30-28-26-24-15-13-11-9-7-2/h8,10,14,16,18-19,21-22,30,32,37-38,42H,6-7,9,11-13,15,17,20,23-29,31,33-36H2,1-5H3,(H-,40,43,44,45)/p+1/b10-8-,16-14-,19-18-,22-21-,32-30+. The number of carbonyl (C=O) groups is 1. The van der Waals surface area contributed by atoms with Crippen molar-refractivity contribution < 1.29 is 32.9 Å². The number of likely N-dealkylation sites (N-methyl/N-ethyl adjacent to an activating group) is 1. The molecule has 0 fully saturated rings. The van der Waals surface area contributed by atoms with Crippen LogP contribution in [0.5, 0.6) is 0 Å². The number of rotatable bonds is 32. The second kappa shape index (κ2) is 31.2. The lowest BCUT2D eigenvalue weighted by Crippen LogP contribution is -2.45. The van der Waals surface area contributed by atoms with E-state index in [0.29, 0.717) is 17.4 Å². The van der Waals surface area contributed by atoms with Crippen LogP contribution in [0.1, 0.15) is 129 Å². The molecular formula is C39H72N2O6P+. The van der Waals surface area contributed by atoms with Gasteiger partial charge in [0.15, 0.2) is 0 Å². The van der Waals surface area contributed by atoms with Gasteiger partial charge in [0.05, 0.1) is 39.9 Å². The highest BCUT2D eigenvalue weighted by Crippen LogP contribution is 2.43. The minimum absolute atomic E-state index is 0.0531. The molecule has 3 atom stereocenters. The van der Waals surface area contributed by atoms with E-state index >= 15 is 0 Å². The zero-order valence-electron chi connectivity index (χ0n) is 31.2. The van der Waals surface area contributed by atoms with Crippen molar-refractivity contribution in [3.05, 3.63) is 60.8 Å². The maximum atomic E-state index is 12.8. The summed E-state index contributed by atoms with van der Waals surface area (Å²) in [6.07, 6.45) is 38.6. The molecule has 1 amide bonds. The molecule has 0 aliphatic heterocycles. The molecule has 0 aromatic rings. The number of hydrogen-bond donors (Lipinski definition) is 3. The average Bonchev–Trinajstić information content (AvgIpc) is 3.02. The Kier molecular flexibility index (Phi) is 30.0. The minimum atomic E-state index is -4.33. The molecule has 0 heterocycles. The quantitative estimate of drug-likeness (QED) is 0.0280. The van der Waals surface area contributed by atoms with E-state index in [4.69, 9.17) is 9.05 Å².